The largest absolute Gasteiger partial charge is 0.497 e. The molecule has 0 fully saturated rings. The van der Waals surface area contributed by atoms with Crippen LogP contribution >= 0.6 is 11.6 Å². The molecule has 0 N–H and O–H groups in total. The van der Waals surface area contributed by atoms with Gasteiger partial charge in [-0.2, -0.15) is 0 Å². The van der Waals surface area contributed by atoms with Crippen LogP contribution in [-0.2, 0) is 0 Å². The molecule has 0 aliphatic heterocycles. The van der Waals surface area contributed by atoms with E-state index >= 15 is 0 Å². The molecule has 120 valence electrons. The molecular formula is C20H15ClO3. The first-order valence-electron chi connectivity index (χ1n) is 7.38. The molecule has 3 aromatic rings. The second-order valence-corrected chi connectivity index (χ2v) is 5.57. The van der Waals surface area contributed by atoms with Crippen molar-refractivity contribution >= 4 is 23.5 Å². The van der Waals surface area contributed by atoms with Crippen LogP contribution in [0.15, 0.2) is 71.2 Å². The molecule has 3 rings (SSSR count). The molecule has 3 nitrogen and oxygen atoms in total. The van der Waals surface area contributed by atoms with Crippen molar-refractivity contribution in [3.63, 3.8) is 0 Å². The van der Waals surface area contributed by atoms with Crippen LogP contribution in [0.2, 0.25) is 5.02 Å². The highest BCUT2D eigenvalue weighted by Crippen LogP contribution is 2.24. The Morgan fingerprint density at radius 3 is 2.38 bits per heavy atom. The number of benzene rings is 2. The maximum Gasteiger partial charge on any atom is 0.185 e. The SMILES string of the molecule is COc1ccc(C(=O)C=Cc2ccc(-c3ccc(Cl)cc3)o2)cc1. The molecule has 0 aliphatic carbocycles. The zero-order valence-electron chi connectivity index (χ0n) is 13.0. The zero-order chi connectivity index (χ0) is 16.9. The normalized spacial score (nSPS) is 10.9. The number of allylic oxidation sites excluding steroid dienone is 1. The highest BCUT2D eigenvalue weighted by molar-refractivity contribution is 6.30. The number of carbonyl (C=O) groups is 1. The Labute approximate surface area is 145 Å². The number of ketones is 1. The average molecular weight is 339 g/mol. The van der Waals surface area contributed by atoms with Gasteiger partial charge in [0.05, 0.1) is 7.11 Å². The number of hydrogen-bond acceptors (Lipinski definition) is 3. The van der Waals surface area contributed by atoms with Crippen molar-refractivity contribution in [2.24, 2.45) is 0 Å². The van der Waals surface area contributed by atoms with Crippen molar-refractivity contribution in [3.05, 3.63) is 83.1 Å². The van der Waals surface area contributed by atoms with E-state index in [1.54, 1.807) is 37.5 Å². The summed E-state index contributed by atoms with van der Waals surface area (Å²) in [6, 6.07) is 18.0. The maximum absolute atomic E-state index is 12.1. The van der Waals surface area contributed by atoms with Crippen LogP contribution in [0.3, 0.4) is 0 Å². The summed E-state index contributed by atoms with van der Waals surface area (Å²) in [5, 5.41) is 0.676. The minimum absolute atomic E-state index is 0.0953. The number of carbonyl (C=O) groups excluding carboxylic acids is 1. The van der Waals surface area contributed by atoms with Gasteiger partial charge in [-0.15, -0.1) is 0 Å². The lowest BCUT2D eigenvalue weighted by atomic mass is 10.1. The fraction of sp³-hybridized carbons (Fsp3) is 0.0500. The second kappa shape index (κ2) is 7.20. The molecule has 0 aliphatic rings. The number of halogens is 1. The van der Waals surface area contributed by atoms with Crippen molar-refractivity contribution in [2.45, 2.75) is 0 Å². The third-order valence-corrected chi connectivity index (χ3v) is 3.78. The summed E-state index contributed by atoms with van der Waals surface area (Å²) in [6.45, 7) is 0. The van der Waals surface area contributed by atoms with E-state index < -0.39 is 0 Å². The van der Waals surface area contributed by atoms with Gasteiger partial charge in [0.1, 0.15) is 17.3 Å². The van der Waals surface area contributed by atoms with Gasteiger partial charge in [-0.1, -0.05) is 11.6 Å². The molecule has 0 bridgehead atoms. The number of hydrogen-bond donors (Lipinski definition) is 0. The quantitative estimate of drug-likeness (QED) is 0.455. The van der Waals surface area contributed by atoms with E-state index in [9.17, 15) is 4.79 Å². The Morgan fingerprint density at radius 1 is 1.00 bits per heavy atom. The van der Waals surface area contributed by atoms with Crippen molar-refractivity contribution in [2.75, 3.05) is 7.11 Å². The van der Waals surface area contributed by atoms with Gasteiger partial charge in [-0.05, 0) is 72.8 Å². The third-order valence-electron chi connectivity index (χ3n) is 3.53. The number of furan rings is 1. The molecule has 0 radical (unpaired) electrons. The van der Waals surface area contributed by atoms with Crippen molar-refractivity contribution < 1.29 is 13.9 Å². The fourth-order valence-corrected chi connectivity index (χ4v) is 2.35. The predicted octanol–water partition coefficient (Wildman–Crippen LogP) is 5.50. The highest BCUT2D eigenvalue weighted by atomic mass is 35.5. The van der Waals surface area contributed by atoms with Gasteiger partial charge in [-0.3, -0.25) is 4.79 Å². The molecule has 1 aromatic heterocycles. The first kappa shape index (κ1) is 16.1. The lowest BCUT2D eigenvalue weighted by molar-refractivity contribution is 0.104. The van der Waals surface area contributed by atoms with Crippen LogP contribution in [0.5, 0.6) is 5.75 Å². The molecule has 2 aromatic carbocycles. The molecule has 0 spiro atoms. The van der Waals surface area contributed by atoms with Crippen molar-refractivity contribution in [1.29, 1.82) is 0 Å². The number of rotatable bonds is 5. The summed E-state index contributed by atoms with van der Waals surface area (Å²) in [7, 11) is 1.59. The monoisotopic (exact) mass is 338 g/mol. The minimum atomic E-state index is -0.0953. The topological polar surface area (TPSA) is 39.4 Å². The van der Waals surface area contributed by atoms with Gasteiger partial charge < -0.3 is 9.15 Å². The van der Waals surface area contributed by atoms with E-state index in [4.69, 9.17) is 20.8 Å². The summed E-state index contributed by atoms with van der Waals surface area (Å²) in [4.78, 5) is 12.1. The molecule has 1 heterocycles. The van der Waals surface area contributed by atoms with E-state index in [1.807, 2.05) is 36.4 Å². The Hall–Kier alpha value is -2.78. The lowest BCUT2D eigenvalue weighted by Crippen LogP contribution is -1.93. The minimum Gasteiger partial charge on any atom is -0.497 e. The van der Waals surface area contributed by atoms with Crippen molar-refractivity contribution in [3.8, 4) is 17.1 Å². The van der Waals surface area contributed by atoms with E-state index in [1.165, 1.54) is 6.08 Å². The average Bonchev–Trinajstić information content (AvgIpc) is 3.09. The van der Waals surface area contributed by atoms with Gasteiger partial charge in [0, 0.05) is 16.1 Å². The van der Waals surface area contributed by atoms with Crippen molar-refractivity contribution in [1.82, 2.24) is 0 Å². The smallest absolute Gasteiger partial charge is 0.185 e. The molecule has 4 heteroatoms. The van der Waals surface area contributed by atoms with E-state index in [-0.39, 0.29) is 5.78 Å². The van der Waals surface area contributed by atoms with Crippen LogP contribution in [-0.4, -0.2) is 12.9 Å². The first-order chi connectivity index (χ1) is 11.7. The first-order valence-corrected chi connectivity index (χ1v) is 7.76. The second-order valence-electron chi connectivity index (χ2n) is 5.13. The van der Waals surface area contributed by atoms with Crippen LogP contribution in [0.4, 0.5) is 0 Å². The molecule has 24 heavy (non-hydrogen) atoms. The molecular weight excluding hydrogens is 324 g/mol. The Kier molecular flexibility index (Phi) is 4.82. The predicted molar refractivity (Wildman–Crippen MR) is 95.5 cm³/mol. The van der Waals surface area contributed by atoms with Crippen LogP contribution in [0.1, 0.15) is 16.1 Å². The summed E-state index contributed by atoms with van der Waals surface area (Å²) in [6.07, 6.45) is 3.15. The third kappa shape index (κ3) is 3.76. The molecule has 0 saturated heterocycles. The van der Waals surface area contributed by atoms with Gasteiger partial charge in [0.15, 0.2) is 5.78 Å². The standard InChI is InChI=1S/C20H15ClO3/c1-23-17-8-4-14(5-9-17)19(22)12-10-18-11-13-20(24-18)15-2-6-16(21)7-3-15/h2-13H,1H3. The van der Waals surface area contributed by atoms with Gasteiger partial charge in [-0.25, -0.2) is 0 Å². The van der Waals surface area contributed by atoms with Crippen LogP contribution in [0, 0.1) is 0 Å². The molecule has 0 amide bonds. The van der Waals surface area contributed by atoms with Gasteiger partial charge >= 0.3 is 0 Å². The lowest BCUT2D eigenvalue weighted by Gasteiger charge is -1.99. The Morgan fingerprint density at radius 2 is 1.71 bits per heavy atom. The maximum atomic E-state index is 12.1. The molecule has 0 unspecified atom stereocenters. The fourth-order valence-electron chi connectivity index (χ4n) is 2.22. The number of methoxy groups -OCH3 is 1. The zero-order valence-corrected chi connectivity index (χ0v) is 13.8. The summed E-state index contributed by atoms with van der Waals surface area (Å²) in [5.41, 5.74) is 1.53. The van der Waals surface area contributed by atoms with Crippen LogP contribution < -0.4 is 4.74 Å². The van der Waals surface area contributed by atoms with Gasteiger partial charge in [0.25, 0.3) is 0 Å². The summed E-state index contributed by atoms with van der Waals surface area (Å²) < 4.78 is 10.8. The molecule has 0 atom stereocenters. The number of ether oxygens (including phenoxy) is 1. The Bertz CT molecular complexity index is 859. The van der Waals surface area contributed by atoms with E-state index in [0.29, 0.717) is 22.1 Å². The summed E-state index contributed by atoms with van der Waals surface area (Å²) >= 11 is 5.88. The van der Waals surface area contributed by atoms with E-state index in [2.05, 4.69) is 0 Å². The highest BCUT2D eigenvalue weighted by Gasteiger charge is 2.05. The van der Waals surface area contributed by atoms with Crippen LogP contribution in [0.25, 0.3) is 17.4 Å². The molecule has 0 saturated carbocycles. The van der Waals surface area contributed by atoms with E-state index in [0.717, 1.165) is 11.3 Å². The Balaban J connectivity index is 1.72. The summed E-state index contributed by atoms with van der Waals surface area (Å²) in [5.74, 6) is 1.96. The van der Waals surface area contributed by atoms with Gasteiger partial charge in [0.2, 0.25) is 0 Å².